The molecule has 0 N–H and O–H groups in total. The van der Waals surface area contributed by atoms with Crippen molar-refractivity contribution in [3.05, 3.63) is 47.8 Å². The number of ether oxygens (including phenoxy) is 1. The first-order valence-electron chi connectivity index (χ1n) is 7.96. The van der Waals surface area contributed by atoms with Gasteiger partial charge in [-0.15, -0.1) is 0 Å². The van der Waals surface area contributed by atoms with Crippen LogP contribution in [-0.2, 0) is 12.7 Å². The molecule has 0 amide bonds. The van der Waals surface area contributed by atoms with Gasteiger partial charge in [-0.25, -0.2) is 9.97 Å². The van der Waals surface area contributed by atoms with Crippen LogP contribution in [0.15, 0.2) is 36.5 Å². The Morgan fingerprint density at radius 3 is 2.56 bits per heavy atom. The molecule has 2 aromatic rings. The molecule has 0 spiro atoms. The Morgan fingerprint density at radius 2 is 1.88 bits per heavy atom. The maximum atomic E-state index is 12.8. The van der Waals surface area contributed by atoms with Crippen molar-refractivity contribution in [2.75, 3.05) is 38.2 Å². The highest BCUT2D eigenvalue weighted by Gasteiger charge is 2.33. The molecule has 0 saturated carbocycles. The first-order valence-corrected chi connectivity index (χ1v) is 7.96. The molecule has 134 valence electrons. The Balaban J connectivity index is 1.60. The summed E-state index contributed by atoms with van der Waals surface area (Å²) in [7, 11) is 1.58. The molecule has 1 fully saturated rings. The zero-order valence-corrected chi connectivity index (χ0v) is 13.8. The van der Waals surface area contributed by atoms with Gasteiger partial charge >= 0.3 is 6.18 Å². The van der Waals surface area contributed by atoms with Crippen molar-refractivity contribution in [2.45, 2.75) is 12.7 Å². The average Bonchev–Trinajstić information content (AvgIpc) is 2.62. The number of methoxy groups -OCH3 is 1. The Hall–Kier alpha value is -2.35. The van der Waals surface area contributed by atoms with E-state index >= 15 is 0 Å². The molecular formula is C17H19F3N4O. The summed E-state index contributed by atoms with van der Waals surface area (Å²) < 4.78 is 43.5. The number of anilines is 1. The monoisotopic (exact) mass is 352 g/mol. The van der Waals surface area contributed by atoms with Crippen LogP contribution >= 0.6 is 0 Å². The molecule has 0 radical (unpaired) electrons. The van der Waals surface area contributed by atoms with E-state index in [4.69, 9.17) is 4.74 Å². The number of pyridine rings is 2. The number of piperazine rings is 1. The van der Waals surface area contributed by atoms with Crippen LogP contribution in [0.5, 0.6) is 5.88 Å². The SMILES string of the molecule is COc1cc(CN2CCN(c3cccc(C(F)(F)F)n3)CC2)ccn1. The Kier molecular flexibility index (Phi) is 5.08. The van der Waals surface area contributed by atoms with Crippen molar-refractivity contribution < 1.29 is 17.9 Å². The summed E-state index contributed by atoms with van der Waals surface area (Å²) >= 11 is 0. The topological polar surface area (TPSA) is 41.5 Å². The standard InChI is InChI=1S/C17H19F3N4O/c1-25-16-11-13(5-6-21-16)12-23-7-9-24(10-8-23)15-4-2-3-14(22-15)17(18,19)20/h2-6,11H,7-10,12H2,1H3. The minimum atomic E-state index is -4.42. The highest BCUT2D eigenvalue weighted by atomic mass is 19.4. The van der Waals surface area contributed by atoms with Gasteiger partial charge in [0.1, 0.15) is 11.5 Å². The maximum Gasteiger partial charge on any atom is 0.433 e. The van der Waals surface area contributed by atoms with Crippen molar-refractivity contribution in [3.8, 4) is 5.88 Å². The fourth-order valence-corrected chi connectivity index (χ4v) is 2.81. The molecule has 8 heteroatoms. The summed E-state index contributed by atoms with van der Waals surface area (Å²) in [5.41, 5.74) is 0.244. The van der Waals surface area contributed by atoms with Crippen LogP contribution in [0.4, 0.5) is 19.0 Å². The van der Waals surface area contributed by atoms with Gasteiger partial charge in [0.25, 0.3) is 0 Å². The fraction of sp³-hybridized carbons (Fsp3) is 0.412. The van der Waals surface area contributed by atoms with Crippen molar-refractivity contribution in [1.29, 1.82) is 0 Å². The molecule has 0 bridgehead atoms. The van der Waals surface area contributed by atoms with Crippen LogP contribution in [0, 0.1) is 0 Å². The van der Waals surface area contributed by atoms with Gasteiger partial charge in [-0.1, -0.05) is 6.07 Å². The van der Waals surface area contributed by atoms with E-state index in [1.165, 1.54) is 6.07 Å². The highest BCUT2D eigenvalue weighted by molar-refractivity contribution is 5.40. The summed E-state index contributed by atoms with van der Waals surface area (Å²) in [5, 5.41) is 0. The first kappa shape index (κ1) is 17.5. The van der Waals surface area contributed by atoms with Crippen molar-refractivity contribution in [2.24, 2.45) is 0 Å². The lowest BCUT2D eigenvalue weighted by Crippen LogP contribution is -2.46. The van der Waals surface area contributed by atoms with Gasteiger partial charge < -0.3 is 9.64 Å². The van der Waals surface area contributed by atoms with E-state index in [0.29, 0.717) is 24.8 Å². The Labute approximate surface area is 144 Å². The zero-order chi connectivity index (χ0) is 17.9. The summed E-state index contributed by atoms with van der Waals surface area (Å²) in [5.74, 6) is 0.948. The van der Waals surface area contributed by atoms with Crippen LogP contribution in [0.25, 0.3) is 0 Å². The number of rotatable bonds is 4. The minimum Gasteiger partial charge on any atom is -0.481 e. The molecule has 2 aromatic heterocycles. The van der Waals surface area contributed by atoms with Gasteiger partial charge in [0.15, 0.2) is 0 Å². The van der Waals surface area contributed by atoms with Crippen LogP contribution in [0.1, 0.15) is 11.3 Å². The van der Waals surface area contributed by atoms with Gasteiger partial charge in [-0.3, -0.25) is 4.90 Å². The van der Waals surface area contributed by atoms with E-state index in [1.54, 1.807) is 19.4 Å². The van der Waals surface area contributed by atoms with Crippen LogP contribution in [0.2, 0.25) is 0 Å². The molecule has 5 nitrogen and oxygen atoms in total. The number of alkyl halides is 3. The summed E-state index contributed by atoms with van der Waals surface area (Å²) in [6.07, 6.45) is -2.71. The highest BCUT2D eigenvalue weighted by Crippen LogP contribution is 2.29. The normalized spacial score (nSPS) is 16.1. The van der Waals surface area contributed by atoms with Gasteiger partial charge in [0.2, 0.25) is 5.88 Å². The van der Waals surface area contributed by atoms with E-state index in [1.807, 2.05) is 17.0 Å². The maximum absolute atomic E-state index is 12.8. The Morgan fingerprint density at radius 1 is 1.12 bits per heavy atom. The molecule has 3 heterocycles. The van der Waals surface area contributed by atoms with Gasteiger partial charge in [-0.2, -0.15) is 13.2 Å². The second kappa shape index (κ2) is 7.26. The molecular weight excluding hydrogens is 333 g/mol. The third kappa shape index (κ3) is 4.39. The van der Waals surface area contributed by atoms with E-state index in [-0.39, 0.29) is 0 Å². The smallest absolute Gasteiger partial charge is 0.433 e. The number of nitrogens with zero attached hydrogens (tertiary/aromatic N) is 4. The summed E-state index contributed by atoms with van der Waals surface area (Å²) in [4.78, 5) is 12.0. The Bertz CT molecular complexity index is 715. The third-order valence-corrected chi connectivity index (χ3v) is 4.14. The predicted molar refractivity (Wildman–Crippen MR) is 87.5 cm³/mol. The molecule has 0 atom stereocenters. The quantitative estimate of drug-likeness (QED) is 0.846. The number of hydrogen-bond acceptors (Lipinski definition) is 5. The van der Waals surface area contributed by atoms with E-state index < -0.39 is 11.9 Å². The number of aromatic nitrogens is 2. The lowest BCUT2D eigenvalue weighted by Gasteiger charge is -2.35. The van der Waals surface area contributed by atoms with Crippen molar-refractivity contribution >= 4 is 5.82 Å². The van der Waals surface area contributed by atoms with Crippen LogP contribution < -0.4 is 9.64 Å². The first-order chi connectivity index (χ1) is 12.0. The average molecular weight is 352 g/mol. The second-order valence-corrected chi connectivity index (χ2v) is 5.85. The molecule has 25 heavy (non-hydrogen) atoms. The molecule has 1 aliphatic rings. The summed E-state index contributed by atoms with van der Waals surface area (Å²) in [6.45, 7) is 3.53. The van der Waals surface area contributed by atoms with E-state index in [0.717, 1.165) is 31.3 Å². The van der Waals surface area contributed by atoms with Crippen molar-refractivity contribution in [1.82, 2.24) is 14.9 Å². The zero-order valence-electron chi connectivity index (χ0n) is 13.8. The van der Waals surface area contributed by atoms with Crippen LogP contribution in [-0.4, -0.2) is 48.2 Å². The summed E-state index contributed by atoms with van der Waals surface area (Å²) in [6, 6.07) is 7.85. The fourth-order valence-electron chi connectivity index (χ4n) is 2.81. The number of halogens is 3. The third-order valence-electron chi connectivity index (χ3n) is 4.14. The molecule has 0 unspecified atom stereocenters. The van der Waals surface area contributed by atoms with E-state index in [2.05, 4.69) is 14.9 Å². The molecule has 1 saturated heterocycles. The van der Waals surface area contributed by atoms with Gasteiger partial charge in [0, 0.05) is 45.0 Å². The number of hydrogen-bond donors (Lipinski definition) is 0. The lowest BCUT2D eigenvalue weighted by atomic mass is 10.2. The molecule has 3 rings (SSSR count). The van der Waals surface area contributed by atoms with Gasteiger partial charge in [-0.05, 0) is 23.8 Å². The predicted octanol–water partition coefficient (Wildman–Crippen LogP) is 2.83. The van der Waals surface area contributed by atoms with Crippen molar-refractivity contribution in [3.63, 3.8) is 0 Å². The lowest BCUT2D eigenvalue weighted by molar-refractivity contribution is -0.141. The largest absolute Gasteiger partial charge is 0.481 e. The van der Waals surface area contributed by atoms with Gasteiger partial charge in [0.05, 0.1) is 7.11 Å². The van der Waals surface area contributed by atoms with Crippen LogP contribution in [0.3, 0.4) is 0 Å². The molecule has 0 aliphatic carbocycles. The minimum absolute atomic E-state index is 0.375. The molecule has 1 aliphatic heterocycles. The molecule has 0 aromatic carbocycles. The van der Waals surface area contributed by atoms with E-state index in [9.17, 15) is 13.2 Å². The second-order valence-electron chi connectivity index (χ2n) is 5.85.